The highest BCUT2D eigenvalue weighted by molar-refractivity contribution is 7.98. The van der Waals surface area contributed by atoms with Crippen LogP contribution in [0.5, 0.6) is 0 Å². The zero-order valence-electron chi connectivity index (χ0n) is 9.75. The molecule has 0 aromatic heterocycles. The van der Waals surface area contributed by atoms with E-state index in [-0.39, 0.29) is 0 Å². The SMILES string of the molecule is CSCCCNCC(O)c1cc(Cl)ccc1Cl. The first-order valence-corrected chi connectivity index (χ1v) is 7.62. The molecule has 0 aliphatic rings. The van der Waals surface area contributed by atoms with Crippen molar-refractivity contribution in [3.8, 4) is 0 Å². The Labute approximate surface area is 117 Å². The fraction of sp³-hybridized carbons (Fsp3) is 0.500. The first-order chi connectivity index (χ1) is 8.15. The molecule has 0 heterocycles. The Kier molecular flexibility index (Phi) is 7.32. The Morgan fingerprint density at radius 2 is 2.18 bits per heavy atom. The number of aliphatic hydroxyl groups excluding tert-OH is 1. The van der Waals surface area contributed by atoms with Crippen molar-refractivity contribution in [3.05, 3.63) is 33.8 Å². The van der Waals surface area contributed by atoms with Crippen molar-refractivity contribution in [2.45, 2.75) is 12.5 Å². The summed E-state index contributed by atoms with van der Waals surface area (Å²) in [5.41, 5.74) is 0.677. The van der Waals surface area contributed by atoms with E-state index in [1.54, 1.807) is 18.2 Å². The van der Waals surface area contributed by atoms with Crippen LogP contribution in [0.2, 0.25) is 10.0 Å². The van der Waals surface area contributed by atoms with E-state index in [1.807, 2.05) is 11.8 Å². The molecule has 1 aromatic rings. The zero-order chi connectivity index (χ0) is 12.7. The molecule has 0 saturated heterocycles. The Hall–Kier alpha value is 0.0700. The van der Waals surface area contributed by atoms with E-state index in [1.165, 1.54) is 0 Å². The molecule has 0 fully saturated rings. The van der Waals surface area contributed by atoms with Crippen LogP contribution in [0, 0.1) is 0 Å². The molecule has 0 aliphatic carbocycles. The van der Waals surface area contributed by atoms with E-state index >= 15 is 0 Å². The molecule has 17 heavy (non-hydrogen) atoms. The molecule has 2 nitrogen and oxygen atoms in total. The predicted octanol–water partition coefficient (Wildman–Crippen LogP) is 3.37. The highest BCUT2D eigenvalue weighted by Gasteiger charge is 2.11. The second kappa shape index (κ2) is 8.22. The average molecular weight is 294 g/mol. The summed E-state index contributed by atoms with van der Waals surface area (Å²) in [6.45, 7) is 1.39. The van der Waals surface area contributed by atoms with E-state index in [2.05, 4.69) is 11.6 Å². The van der Waals surface area contributed by atoms with Gasteiger partial charge in [-0.05, 0) is 43.2 Å². The Morgan fingerprint density at radius 3 is 2.88 bits per heavy atom. The number of nitrogens with one attached hydrogen (secondary N) is 1. The van der Waals surface area contributed by atoms with Gasteiger partial charge >= 0.3 is 0 Å². The third-order valence-electron chi connectivity index (χ3n) is 2.36. The van der Waals surface area contributed by atoms with Crippen molar-refractivity contribution >= 4 is 35.0 Å². The standard InChI is InChI=1S/C12H17Cl2NOS/c1-17-6-2-5-15-8-12(16)10-7-9(13)3-4-11(10)14/h3-4,7,12,15-16H,2,5-6,8H2,1H3. The van der Waals surface area contributed by atoms with E-state index in [9.17, 15) is 5.11 Å². The molecule has 96 valence electrons. The van der Waals surface area contributed by atoms with Crippen LogP contribution in [0.4, 0.5) is 0 Å². The van der Waals surface area contributed by atoms with Crippen LogP contribution in [-0.2, 0) is 0 Å². The highest BCUT2D eigenvalue weighted by Crippen LogP contribution is 2.25. The molecule has 1 rings (SSSR count). The summed E-state index contributed by atoms with van der Waals surface area (Å²) in [5.74, 6) is 1.13. The number of halogens is 2. The van der Waals surface area contributed by atoms with Crippen LogP contribution < -0.4 is 5.32 Å². The molecular weight excluding hydrogens is 277 g/mol. The van der Waals surface area contributed by atoms with E-state index in [0.717, 1.165) is 18.7 Å². The van der Waals surface area contributed by atoms with Crippen LogP contribution in [0.1, 0.15) is 18.1 Å². The first kappa shape index (κ1) is 15.1. The van der Waals surface area contributed by atoms with Gasteiger partial charge in [-0.25, -0.2) is 0 Å². The molecule has 5 heteroatoms. The largest absolute Gasteiger partial charge is 0.387 e. The summed E-state index contributed by atoms with van der Waals surface area (Å²) in [6.07, 6.45) is 2.56. The van der Waals surface area contributed by atoms with Gasteiger partial charge in [0.2, 0.25) is 0 Å². The van der Waals surface area contributed by atoms with E-state index in [4.69, 9.17) is 23.2 Å². The van der Waals surface area contributed by atoms with Gasteiger partial charge in [0.25, 0.3) is 0 Å². The topological polar surface area (TPSA) is 32.3 Å². The van der Waals surface area contributed by atoms with Gasteiger partial charge in [0.15, 0.2) is 0 Å². The molecule has 0 spiro atoms. The van der Waals surface area contributed by atoms with Gasteiger partial charge in [0.1, 0.15) is 0 Å². The lowest BCUT2D eigenvalue weighted by molar-refractivity contribution is 0.175. The van der Waals surface area contributed by atoms with Crippen molar-refractivity contribution in [3.63, 3.8) is 0 Å². The molecule has 1 atom stereocenters. The summed E-state index contributed by atoms with van der Waals surface area (Å²) in [4.78, 5) is 0. The molecule has 2 N–H and O–H groups in total. The van der Waals surface area contributed by atoms with Crippen LogP contribution in [0.15, 0.2) is 18.2 Å². The van der Waals surface area contributed by atoms with Gasteiger partial charge < -0.3 is 10.4 Å². The Morgan fingerprint density at radius 1 is 1.41 bits per heavy atom. The fourth-order valence-corrected chi connectivity index (χ4v) is 2.32. The minimum atomic E-state index is -0.615. The monoisotopic (exact) mass is 293 g/mol. The number of hydrogen-bond acceptors (Lipinski definition) is 3. The summed E-state index contributed by atoms with van der Waals surface area (Å²) < 4.78 is 0. The van der Waals surface area contributed by atoms with Crippen molar-refractivity contribution in [2.75, 3.05) is 25.1 Å². The van der Waals surface area contributed by atoms with Crippen molar-refractivity contribution in [2.24, 2.45) is 0 Å². The van der Waals surface area contributed by atoms with Gasteiger partial charge in [0, 0.05) is 22.2 Å². The second-order valence-corrected chi connectivity index (χ2v) is 5.56. The van der Waals surface area contributed by atoms with Crippen molar-refractivity contribution in [1.82, 2.24) is 5.32 Å². The maximum absolute atomic E-state index is 9.97. The predicted molar refractivity (Wildman–Crippen MR) is 77.3 cm³/mol. The van der Waals surface area contributed by atoms with Gasteiger partial charge in [-0.15, -0.1) is 0 Å². The van der Waals surface area contributed by atoms with Gasteiger partial charge in [-0.2, -0.15) is 11.8 Å². The van der Waals surface area contributed by atoms with Crippen LogP contribution in [0.25, 0.3) is 0 Å². The summed E-state index contributed by atoms with van der Waals surface area (Å²) in [5, 5.41) is 14.3. The molecule has 0 saturated carbocycles. The van der Waals surface area contributed by atoms with Crippen molar-refractivity contribution in [1.29, 1.82) is 0 Å². The summed E-state index contributed by atoms with van der Waals surface area (Å²) in [7, 11) is 0. The average Bonchev–Trinajstić information content (AvgIpc) is 2.32. The number of benzene rings is 1. The fourth-order valence-electron chi connectivity index (χ4n) is 1.46. The number of rotatable bonds is 7. The lowest BCUT2D eigenvalue weighted by Gasteiger charge is -2.14. The minimum absolute atomic E-state index is 0.494. The van der Waals surface area contributed by atoms with E-state index in [0.29, 0.717) is 22.2 Å². The van der Waals surface area contributed by atoms with Gasteiger partial charge in [0.05, 0.1) is 6.10 Å². The molecule has 0 radical (unpaired) electrons. The highest BCUT2D eigenvalue weighted by atomic mass is 35.5. The van der Waals surface area contributed by atoms with Gasteiger partial charge in [-0.1, -0.05) is 23.2 Å². The molecule has 0 bridgehead atoms. The molecule has 1 aromatic carbocycles. The third kappa shape index (κ3) is 5.49. The summed E-state index contributed by atoms with van der Waals surface area (Å²) >= 11 is 13.7. The van der Waals surface area contributed by atoms with Crippen LogP contribution in [-0.4, -0.2) is 30.2 Å². The quantitative estimate of drug-likeness (QED) is 0.756. The lowest BCUT2D eigenvalue weighted by atomic mass is 10.1. The molecule has 1 unspecified atom stereocenters. The molecular formula is C12H17Cl2NOS. The molecule has 0 amide bonds. The Balaban J connectivity index is 2.41. The maximum atomic E-state index is 9.97. The van der Waals surface area contributed by atoms with E-state index < -0.39 is 6.10 Å². The number of thioether (sulfide) groups is 1. The first-order valence-electron chi connectivity index (χ1n) is 5.48. The van der Waals surface area contributed by atoms with Gasteiger partial charge in [-0.3, -0.25) is 0 Å². The molecule has 0 aliphatic heterocycles. The smallest absolute Gasteiger partial charge is 0.0929 e. The third-order valence-corrected chi connectivity index (χ3v) is 3.63. The number of aliphatic hydroxyl groups is 1. The van der Waals surface area contributed by atoms with Crippen molar-refractivity contribution < 1.29 is 5.11 Å². The lowest BCUT2D eigenvalue weighted by Crippen LogP contribution is -2.23. The normalized spacial score (nSPS) is 12.7. The second-order valence-electron chi connectivity index (χ2n) is 3.73. The maximum Gasteiger partial charge on any atom is 0.0929 e. The Bertz CT molecular complexity index is 349. The number of hydrogen-bond donors (Lipinski definition) is 2. The zero-order valence-corrected chi connectivity index (χ0v) is 12.1. The summed E-state index contributed by atoms with van der Waals surface area (Å²) in [6, 6.07) is 5.13. The van der Waals surface area contributed by atoms with Crippen LogP contribution in [0.3, 0.4) is 0 Å². The van der Waals surface area contributed by atoms with Crippen LogP contribution >= 0.6 is 35.0 Å². The minimum Gasteiger partial charge on any atom is -0.387 e.